The van der Waals surface area contributed by atoms with Crippen LogP contribution in [0.1, 0.15) is 33.1 Å². The second-order valence-corrected chi connectivity index (χ2v) is 4.90. The molecule has 9 nitrogen and oxygen atoms in total. The van der Waals surface area contributed by atoms with Gasteiger partial charge in [0.1, 0.15) is 5.78 Å². The molecule has 1 rings (SSSR count). The van der Waals surface area contributed by atoms with E-state index in [0.717, 1.165) is 13.7 Å². The number of carbonyl (C=O) groups is 2. The fourth-order valence-electron chi connectivity index (χ4n) is 1.96. The van der Waals surface area contributed by atoms with Crippen molar-refractivity contribution in [2.24, 2.45) is 0 Å². The van der Waals surface area contributed by atoms with Gasteiger partial charge in [-0.15, -0.1) is 0 Å². The van der Waals surface area contributed by atoms with Crippen LogP contribution < -0.4 is 17.1 Å². The van der Waals surface area contributed by atoms with Crippen LogP contribution in [0.25, 0.3) is 0 Å². The minimum Gasteiger partial charge on any atom is -0.481 e. The van der Waals surface area contributed by atoms with Crippen LogP contribution in [0.3, 0.4) is 0 Å². The number of hydrogen-bond donors (Lipinski definition) is 1. The van der Waals surface area contributed by atoms with Gasteiger partial charge in [0, 0.05) is 26.1 Å². The van der Waals surface area contributed by atoms with E-state index in [-0.39, 0.29) is 31.8 Å². The number of ketones is 1. The summed E-state index contributed by atoms with van der Waals surface area (Å²) in [5.41, 5.74) is -2.48. The Kier molecular flexibility index (Phi) is 6.02. The molecule has 0 radical (unpaired) electrons. The number of aliphatic carboxylic acids is 1. The molecule has 0 spiro atoms. The summed E-state index contributed by atoms with van der Waals surface area (Å²) in [7, 11) is 0. The molecule has 122 valence electrons. The maximum atomic E-state index is 12.2. The number of carboxylic acids is 1. The SMILES string of the molecule is CCCn1c(=O)n(CCC(C)=O)c(=O)n(CCC(=O)O)c1=O. The molecule has 1 aromatic heterocycles. The highest BCUT2D eigenvalue weighted by Crippen LogP contribution is 1.88. The van der Waals surface area contributed by atoms with E-state index in [1.807, 2.05) is 0 Å². The minimum absolute atomic E-state index is 0.0155. The Morgan fingerprint density at radius 1 is 0.864 bits per heavy atom. The maximum absolute atomic E-state index is 12.2. The molecule has 0 aliphatic carbocycles. The molecule has 0 atom stereocenters. The third-order valence-electron chi connectivity index (χ3n) is 3.07. The largest absolute Gasteiger partial charge is 0.481 e. The zero-order valence-corrected chi connectivity index (χ0v) is 12.6. The Labute approximate surface area is 125 Å². The molecule has 0 saturated carbocycles. The molecule has 0 aromatic carbocycles. The highest BCUT2D eigenvalue weighted by Gasteiger charge is 2.15. The van der Waals surface area contributed by atoms with Crippen molar-refractivity contribution in [3.05, 3.63) is 31.5 Å². The van der Waals surface area contributed by atoms with Gasteiger partial charge in [-0.3, -0.25) is 9.59 Å². The number of carboxylic acid groups (broad SMARTS) is 1. The molecule has 0 aliphatic heterocycles. The lowest BCUT2D eigenvalue weighted by molar-refractivity contribution is -0.137. The molecule has 1 aromatic rings. The van der Waals surface area contributed by atoms with Crippen molar-refractivity contribution in [2.45, 2.75) is 52.7 Å². The summed E-state index contributed by atoms with van der Waals surface area (Å²) in [5, 5.41) is 8.69. The molecule has 0 saturated heterocycles. The molecule has 1 N–H and O–H groups in total. The molecular formula is C13H19N3O6. The van der Waals surface area contributed by atoms with E-state index in [1.165, 1.54) is 6.92 Å². The first-order valence-electron chi connectivity index (χ1n) is 6.95. The smallest absolute Gasteiger partial charge is 0.336 e. The van der Waals surface area contributed by atoms with E-state index in [9.17, 15) is 24.0 Å². The lowest BCUT2D eigenvalue weighted by Gasteiger charge is -2.12. The zero-order chi connectivity index (χ0) is 16.9. The van der Waals surface area contributed by atoms with Crippen LogP contribution in [0.15, 0.2) is 14.4 Å². The van der Waals surface area contributed by atoms with Crippen molar-refractivity contribution in [3.63, 3.8) is 0 Å². The first-order valence-corrected chi connectivity index (χ1v) is 6.95. The van der Waals surface area contributed by atoms with Gasteiger partial charge in [-0.25, -0.2) is 28.1 Å². The standard InChI is InChI=1S/C13H19N3O6/c1-3-6-14-11(20)15(7-4-9(2)17)13(22)16(12(14)21)8-5-10(18)19/h3-8H2,1-2H3,(H,18,19). The molecular weight excluding hydrogens is 294 g/mol. The average molecular weight is 313 g/mol. The maximum Gasteiger partial charge on any atom is 0.336 e. The number of hydrogen-bond acceptors (Lipinski definition) is 5. The molecule has 0 unspecified atom stereocenters. The first-order chi connectivity index (χ1) is 10.3. The summed E-state index contributed by atoms with van der Waals surface area (Å²) < 4.78 is 2.43. The van der Waals surface area contributed by atoms with E-state index in [2.05, 4.69) is 0 Å². The summed E-state index contributed by atoms with van der Waals surface area (Å²) in [6.45, 7) is 2.75. The molecule has 0 fully saturated rings. The predicted octanol–water partition coefficient (Wildman–Crippen LogP) is -0.964. The van der Waals surface area contributed by atoms with Crippen molar-refractivity contribution < 1.29 is 14.7 Å². The Morgan fingerprint density at radius 2 is 1.27 bits per heavy atom. The Morgan fingerprint density at radius 3 is 1.64 bits per heavy atom. The van der Waals surface area contributed by atoms with Gasteiger partial charge in [0.25, 0.3) is 0 Å². The Bertz CT molecular complexity index is 683. The number of nitrogens with zero attached hydrogens (tertiary/aromatic N) is 3. The third-order valence-corrected chi connectivity index (χ3v) is 3.07. The molecule has 9 heteroatoms. The summed E-state index contributed by atoms with van der Waals surface area (Å²) in [6, 6.07) is 0. The van der Waals surface area contributed by atoms with Gasteiger partial charge in [-0.1, -0.05) is 6.92 Å². The number of aromatic nitrogens is 3. The quantitative estimate of drug-likeness (QED) is 0.659. The zero-order valence-electron chi connectivity index (χ0n) is 12.6. The van der Waals surface area contributed by atoms with Crippen molar-refractivity contribution in [1.29, 1.82) is 0 Å². The normalized spacial score (nSPS) is 10.6. The Balaban J connectivity index is 3.45. The van der Waals surface area contributed by atoms with Gasteiger partial charge in [-0.05, 0) is 13.3 Å². The predicted molar refractivity (Wildman–Crippen MR) is 77.1 cm³/mol. The van der Waals surface area contributed by atoms with Gasteiger partial charge < -0.3 is 5.11 Å². The fourth-order valence-corrected chi connectivity index (χ4v) is 1.96. The third kappa shape index (κ3) is 4.03. The molecule has 0 aliphatic rings. The number of carbonyl (C=O) groups excluding carboxylic acids is 1. The summed E-state index contributed by atoms with van der Waals surface area (Å²) in [4.78, 5) is 58.2. The van der Waals surface area contributed by atoms with E-state index in [0.29, 0.717) is 6.42 Å². The van der Waals surface area contributed by atoms with Gasteiger partial charge in [-0.2, -0.15) is 0 Å². The van der Waals surface area contributed by atoms with Gasteiger partial charge in [0.2, 0.25) is 0 Å². The minimum atomic E-state index is -1.16. The summed E-state index contributed by atoms with van der Waals surface area (Å²) >= 11 is 0. The summed E-state index contributed by atoms with van der Waals surface area (Å²) in [5.74, 6) is -1.36. The lowest BCUT2D eigenvalue weighted by Crippen LogP contribution is -2.54. The van der Waals surface area contributed by atoms with E-state index in [1.54, 1.807) is 6.92 Å². The fraction of sp³-hybridized carbons (Fsp3) is 0.615. The van der Waals surface area contributed by atoms with Gasteiger partial charge in [0.15, 0.2) is 0 Å². The second-order valence-electron chi connectivity index (χ2n) is 4.90. The first kappa shape index (κ1) is 17.6. The van der Waals surface area contributed by atoms with Gasteiger partial charge in [0.05, 0.1) is 6.42 Å². The second kappa shape index (κ2) is 7.53. The van der Waals surface area contributed by atoms with Crippen LogP contribution in [0, 0.1) is 0 Å². The molecule has 22 heavy (non-hydrogen) atoms. The van der Waals surface area contributed by atoms with Crippen LogP contribution in [0.2, 0.25) is 0 Å². The molecule has 1 heterocycles. The van der Waals surface area contributed by atoms with Crippen LogP contribution >= 0.6 is 0 Å². The van der Waals surface area contributed by atoms with Crippen molar-refractivity contribution in [1.82, 2.24) is 13.7 Å². The topological polar surface area (TPSA) is 120 Å². The van der Waals surface area contributed by atoms with Crippen molar-refractivity contribution in [3.8, 4) is 0 Å². The number of Topliss-reactive ketones (excluding diaryl/α,β-unsaturated/α-hetero) is 1. The molecule has 0 bridgehead atoms. The van der Waals surface area contributed by atoms with Crippen LogP contribution in [-0.2, 0) is 29.2 Å². The van der Waals surface area contributed by atoms with Crippen LogP contribution in [0.5, 0.6) is 0 Å². The highest BCUT2D eigenvalue weighted by molar-refractivity contribution is 5.75. The monoisotopic (exact) mass is 313 g/mol. The summed E-state index contributed by atoms with van der Waals surface area (Å²) in [6.07, 6.45) is 0.0730. The highest BCUT2D eigenvalue weighted by atomic mass is 16.4. The average Bonchev–Trinajstić information content (AvgIpc) is 2.42. The van der Waals surface area contributed by atoms with Crippen LogP contribution in [-0.4, -0.2) is 30.6 Å². The number of rotatable bonds is 8. The molecule has 0 amide bonds. The van der Waals surface area contributed by atoms with E-state index < -0.39 is 29.5 Å². The van der Waals surface area contributed by atoms with Crippen molar-refractivity contribution in [2.75, 3.05) is 0 Å². The Hall–Kier alpha value is -2.45. The van der Waals surface area contributed by atoms with E-state index in [4.69, 9.17) is 5.11 Å². The van der Waals surface area contributed by atoms with Gasteiger partial charge >= 0.3 is 23.0 Å². The van der Waals surface area contributed by atoms with Crippen molar-refractivity contribution >= 4 is 11.8 Å². The van der Waals surface area contributed by atoms with Crippen LogP contribution in [0.4, 0.5) is 0 Å². The van der Waals surface area contributed by atoms with E-state index >= 15 is 0 Å². The lowest BCUT2D eigenvalue weighted by atomic mass is 10.3.